The lowest BCUT2D eigenvalue weighted by molar-refractivity contribution is -0.156. The van der Waals surface area contributed by atoms with Gasteiger partial charge in [0.25, 0.3) is 0 Å². The number of nitrogens with one attached hydrogen (secondary N) is 2. The van der Waals surface area contributed by atoms with E-state index in [4.69, 9.17) is 18.9 Å². The van der Waals surface area contributed by atoms with Crippen molar-refractivity contribution in [3.63, 3.8) is 0 Å². The molecule has 4 amide bonds. The number of thioether (sulfide) groups is 2. The Kier molecular flexibility index (Phi) is 15.1. The third-order valence-corrected chi connectivity index (χ3v) is 11.3. The van der Waals surface area contributed by atoms with Crippen molar-refractivity contribution < 1.29 is 42.9 Å². The van der Waals surface area contributed by atoms with Crippen LogP contribution in [0, 0.1) is 11.8 Å². The van der Waals surface area contributed by atoms with Crippen molar-refractivity contribution in [2.75, 3.05) is 36.8 Å². The van der Waals surface area contributed by atoms with E-state index in [1.54, 1.807) is 46.2 Å². The monoisotopic (exact) mass is 842 g/mol. The van der Waals surface area contributed by atoms with Crippen molar-refractivity contribution in [3.8, 4) is 0 Å². The molecular weight excluding hydrogens is 781 g/mol. The van der Waals surface area contributed by atoms with E-state index >= 15 is 0 Å². The van der Waals surface area contributed by atoms with Gasteiger partial charge in [-0.1, -0.05) is 12.1 Å². The second-order valence-electron chi connectivity index (χ2n) is 18.7. The number of carbonyl (C=O) groups excluding carboxylic acids is 5. The zero-order valence-corrected chi connectivity index (χ0v) is 37.7. The third-order valence-electron chi connectivity index (χ3n) is 8.60. The Hall–Kier alpha value is -4.11. The van der Waals surface area contributed by atoms with Crippen LogP contribution in [0.3, 0.4) is 0 Å². The van der Waals surface area contributed by atoms with E-state index in [0.717, 1.165) is 9.79 Å². The average Bonchev–Trinajstić information content (AvgIpc) is 3.74. The van der Waals surface area contributed by atoms with Crippen molar-refractivity contribution in [1.82, 2.24) is 9.80 Å². The molecule has 2 aromatic rings. The Balaban J connectivity index is 1.44. The first-order valence-electron chi connectivity index (χ1n) is 19.8. The van der Waals surface area contributed by atoms with Crippen LogP contribution in [-0.2, 0) is 28.5 Å². The summed E-state index contributed by atoms with van der Waals surface area (Å²) in [6.45, 7) is 23.5. The summed E-state index contributed by atoms with van der Waals surface area (Å²) in [5.74, 6) is -1.09. The van der Waals surface area contributed by atoms with Crippen molar-refractivity contribution in [2.24, 2.45) is 11.8 Å². The Morgan fingerprint density at radius 2 is 0.914 bits per heavy atom. The molecule has 2 fully saturated rings. The minimum atomic E-state index is -0.702. The number of benzene rings is 2. The summed E-state index contributed by atoms with van der Waals surface area (Å²) in [5.41, 5.74) is -1.65. The lowest BCUT2D eigenvalue weighted by Crippen LogP contribution is -2.38. The minimum absolute atomic E-state index is 0.176. The fraction of sp³-hybridized carbons (Fsp3) is 0.605. The molecule has 2 unspecified atom stereocenters. The number of carbonyl (C=O) groups is 5. The zero-order chi connectivity index (χ0) is 43.2. The maximum absolute atomic E-state index is 13.6. The molecule has 2 heterocycles. The number of nitrogens with zero attached hydrogens (tertiary/aromatic N) is 2. The second kappa shape index (κ2) is 18.9. The van der Waals surface area contributed by atoms with Crippen molar-refractivity contribution in [1.29, 1.82) is 0 Å². The van der Waals surface area contributed by atoms with Gasteiger partial charge in [0.15, 0.2) is 0 Å². The first-order chi connectivity index (χ1) is 26.7. The van der Waals surface area contributed by atoms with Gasteiger partial charge in [-0.05, 0) is 132 Å². The molecule has 4 atom stereocenters. The van der Waals surface area contributed by atoms with Gasteiger partial charge in [-0.2, -0.15) is 0 Å². The maximum atomic E-state index is 13.6. The Morgan fingerprint density at radius 3 is 1.24 bits per heavy atom. The van der Waals surface area contributed by atoms with Crippen LogP contribution in [0.15, 0.2) is 58.3 Å². The standard InChI is InChI=1S/C43H62N4O9S2/c1-40(2,3)53-35(48)33(27-19-21-46(25-27)38(51)55-42(7,8)9)57-31-17-13-15-29(23-31)44-37(50)45-30-16-14-18-32(24-30)58-34(36(49)54-41(4,5)6)28-20-22-47(26-28)39(52)56-43(10,11)12/h13-18,23-24,27-28,33-34H,19-22,25-26H2,1-12H3,(H2,44,45,50)/t27-,28-,33?,34?/m0/s1. The molecular formula is C43H62N4O9S2. The van der Waals surface area contributed by atoms with Crippen molar-refractivity contribution in [2.45, 2.75) is 139 Å². The van der Waals surface area contributed by atoms with Crippen LogP contribution in [0.2, 0.25) is 0 Å². The predicted molar refractivity (Wildman–Crippen MR) is 228 cm³/mol. The Labute approximate surface area is 352 Å². The van der Waals surface area contributed by atoms with E-state index < -0.39 is 51.1 Å². The molecule has 320 valence electrons. The van der Waals surface area contributed by atoms with Crippen LogP contribution in [0.4, 0.5) is 25.8 Å². The number of hydrogen-bond donors (Lipinski definition) is 2. The lowest BCUT2D eigenvalue weighted by atomic mass is 10.0. The molecule has 0 aromatic heterocycles. The highest BCUT2D eigenvalue weighted by atomic mass is 32.2. The number of esters is 2. The highest BCUT2D eigenvalue weighted by Gasteiger charge is 2.41. The van der Waals surface area contributed by atoms with E-state index in [0.29, 0.717) is 50.4 Å². The number of hydrogen-bond acceptors (Lipinski definition) is 11. The van der Waals surface area contributed by atoms with Crippen LogP contribution in [0.1, 0.15) is 95.9 Å². The number of ether oxygens (including phenoxy) is 4. The lowest BCUT2D eigenvalue weighted by Gasteiger charge is -2.28. The summed E-state index contributed by atoms with van der Waals surface area (Å²) in [7, 11) is 0. The molecule has 0 radical (unpaired) electrons. The smallest absolute Gasteiger partial charge is 0.410 e. The molecule has 58 heavy (non-hydrogen) atoms. The molecule has 0 bridgehead atoms. The molecule has 13 nitrogen and oxygen atoms in total. The van der Waals surface area contributed by atoms with Gasteiger partial charge in [-0.3, -0.25) is 9.59 Å². The molecule has 2 aliphatic rings. The number of urea groups is 1. The van der Waals surface area contributed by atoms with Crippen LogP contribution in [0.5, 0.6) is 0 Å². The van der Waals surface area contributed by atoms with Crippen LogP contribution in [-0.4, -0.2) is 99.0 Å². The van der Waals surface area contributed by atoms with E-state index in [9.17, 15) is 24.0 Å². The fourth-order valence-electron chi connectivity index (χ4n) is 6.33. The van der Waals surface area contributed by atoms with Gasteiger partial charge in [0.2, 0.25) is 0 Å². The number of likely N-dealkylation sites (tertiary alicyclic amines) is 2. The normalized spacial score (nSPS) is 18.6. The van der Waals surface area contributed by atoms with Crippen molar-refractivity contribution in [3.05, 3.63) is 48.5 Å². The maximum Gasteiger partial charge on any atom is 0.410 e. The summed E-state index contributed by atoms with van der Waals surface area (Å²) in [4.78, 5) is 70.9. The molecule has 2 aromatic carbocycles. The third kappa shape index (κ3) is 15.2. The number of rotatable bonds is 10. The van der Waals surface area contributed by atoms with Crippen molar-refractivity contribution >= 4 is 65.1 Å². The Bertz CT molecular complexity index is 1670. The molecule has 2 saturated heterocycles. The Morgan fingerprint density at radius 1 is 0.569 bits per heavy atom. The molecule has 15 heteroatoms. The second-order valence-corrected chi connectivity index (χ2v) is 21.2. The summed E-state index contributed by atoms with van der Waals surface area (Å²) < 4.78 is 22.8. The summed E-state index contributed by atoms with van der Waals surface area (Å²) in [5, 5.41) is 4.56. The molecule has 4 rings (SSSR count). The van der Waals surface area contributed by atoms with Crippen LogP contribution >= 0.6 is 23.5 Å². The summed E-state index contributed by atoms with van der Waals surface area (Å²) >= 11 is 2.68. The minimum Gasteiger partial charge on any atom is -0.459 e. The zero-order valence-electron chi connectivity index (χ0n) is 36.1. The van der Waals surface area contributed by atoms with Gasteiger partial charge in [0, 0.05) is 59.2 Å². The molecule has 2 N–H and O–H groups in total. The van der Waals surface area contributed by atoms with Gasteiger partial charge in [0.05, 0.1) is 0 Å². The highest BCUT2D eigenvalue weighted by Crippen LogP contribution is 2.38. The molecule has 0 aliphatic carbocycles. The van der Waals surface area contributed by atoms with Gasteiger partial charge in [-0.15, -0.1) is 23.5 Å². The molecule has 0 spiro atoms. The van der Waals surface area contributed by atoms with E-state index in [2.05, 4.69) is 10.6 Å². The molecule has 2 aliphatic heterocycles. The van der Waals surface area contributed by atoms with Crippen LogP contribution < -0.4 is 10.6 Å². The van der Waals surface area contributed by atoms with Crippen LogP contribution in [0.25, 0.3) is 0 Å². The van der Waals surface area contributed by atoms with E-state index in [-0.39, 0.29) is 23.8 Å². The highest BCUT2D eigenvalue weighted by molar-refractivity contribution is 8.01. The predicted octanol–water partition coefficient (Wildman–Crippen LogP) is 9.45. The first-order valence-corrected chi connectivity index (χ1v) is 21.5. The largest absolute Gasteiger partial charge is 0.459 e. The summed E-state index contributed by atoms with van der Waals surface area (Å²) in [6.07, 6.45) is 0.398. The molecule has 0 saturated carbocycles. The van der Waals surface area contributed by atoms with Gasteiger partial charge in [-0.25, -0.2) is 14.4 Å². The van der Waals surface area contributed by atoms with E-state index in [1.807, 2.05) is 95.2 Å². The SMILES string of the molecule is CC(C)(C)OC(=O)C(Sc1cccc(NC(=O)Nc2cccc(SC(C(=O)OC(C)(C)C)[C@H]3CCN(C(=O)OC(C)(C)C)C3)c2)c1)[C@H]1CCN(C(=O)OC(C)(C)C)C1. The number of amides is 4. The number of anilines is 2. The summed E-state index contributed by atoms with van der Waals surface area (Å²) in [6, 6.07) is 13.9. The topological polar surface area (TPSA) is 153 Å². The van der Waals surface area contributed by atoms with E-state index in [1.165, 1.54) is 23.5 Å². The first kappa shape index (κ1) is 46.6. The fourth-order valence-corrected chi connectivity index (χ4v) is 8.74. The van der Waals surface area contributed by atoms with Gasteiger partial charge in [0.1, 0.15) is 32.9 Å². The average molecular weight is 843 g/mol. The van der Waals surface area contributed by atoms with Gasteiger partial charge >= 0.3 is 30.2 Å². The van der Waals surface area contributed by atoms with Gasteiger partial charge < -0.3 is 39.4 Å². The quantitative estimate of drug-likeness (QED) is 0.134.